The second-order valence-corrected chi connectivity index (χ2v) is 4.89. The normalized spacial score (nSPS) is 23.5. The molecule has 1 fully saturated rings. The molecule has 0 aliphatic carbocycles. The Morgan fingerprint density at radius 1 is 1.42 bits per heavy atom. The largest absolute Gasteiger partial charge is 0.339 e. The van der Waals surface area contributed by atoms with Crippen LogP contribution in [0.1, 0.15) is 31.6 Å². The number of hydrogen-bond acceptors (Lipinski definition) is 5. The minimum atomic E-state index is -0.375. The Kier molecular flexibility index (Phi) is 3.25. The molecule has 1 N–H and O–H groups in total. The number of rotatable bonds is 2. The lowest BCUT2D eigenvalue weighted by Crippen LogP contribution is -2.34. The van der Waals surface area contributed by atoms with Crippen LogP contribution in [0.25, 0.3) is 11.5 Å². The molecule has 0 aromatic carbocycles. The Balaban J connectivity index is 1.81. The van der Waals surface area contributed by atoms with Crippen LogP contribution in [-0.2, 0) is 0 Å². The van der Waals surface area contributed by atoms with Crippen LogP contribution in [0.5, 0.6) is 0 Å². The van der Waals surface area contributed by atoms with Gasteiger partial charge in [-0.3, -0.25) is 0 Å². The standard InChI is InChI=1S/C13H15FN4O/c1-8-6-9(4-5-15-8)13-17-12(18-19-13)11-3-2-10(14)7-16-11/h2-3,7-9,15H,4-6H2,1H3. The van der Waals surface area contributed by atoms with E-state index in [1.165, 1.54) is 6.07 Å². The molecule has 2 aromatic heterocycles. The molecule has 0 amide bonds. The summed E-state index contributed by atoms with van der Waals surface area (Å²) >= 11 is 0. The van der Waals surface area contributed by atoms with E-state index in [4.69, 9.17) is 4.52 Å². The van der Waals surface area contributed by atoms with Crippen molar-refractivity contribution in [2.75, 3.05) is 6.54 Å². The van der Waals surface area contributed by atoms with E-state index in [0.29, 0.717) is 23.5 Å². The molecule has 6 heteroatoms. The minimum absolute atomic E-state index is 0.290. The zero-order valence-corrected chi connectivity index (χ0v) is 10.6. The van der Waals surface area contributed by atoms with Gasteiger partial charge in [-0.25, -0.2) is 9.37 Å². The number of hydrogen-bond donors (Lipinski definition) is 1. The second kappa shape index (κ2) is 5.05. The van der Waals surface area contributed by atoms with Crippen LogP contribution in [0.2, 0.25) is 0 Å². The van der Waals surface area contributed by atoms with E-state index in [1.54, 1.807) is 6.07 Å². The summed E-state index contributed by atoms with van der Waals surface area (Å²) in [6.45, 7) is 3.10. The molecule has 3 heterocycles. The van der Waals surface area contributed by atoms with Gasteiger partial charge in [0.1, 0.15) is 11.5 Å². The van der Waals surface area contributed by atoms with E-state index in [1.807, 2.05) is 0 Å². The molecule has 5 nitrogen and oxygen atoms in total. The summed E-state index contributed by atoms with van der Waals surface area (Å²) in [5, 5.41) is 7.31. The summed E-state index contributed by atoms with van der Waals surface area (Å²) in [7, 11) is 0. The lowest BCUT2D eigenvalue weighted by molar-refractivity contribution is 0.295. The Labute approximate surface area is 110 Å². The second-order valence-electron chi connectivity index (χ2n) is 4.89. The number of aromatic nitrogens is 3. The molecule has 1 saturated heterocycles. The van der Waals surface area contributed by atoms with E-state index in [-0.39, 0.29) is 11.7 Å². The molecule has 1 aliphatic heterocycles. The molecule has 2 unspecified atom stereocenters. The molecule has 19 heavy (non-hydrogen) atoms. The van der Waals surface area contributed by atoms with Gasteiger partial charge in [0.2, 0.25) is 11.7 Å². The maximum Gasteiger partial charge on any atom is 0.230 e. The smallest absolute Gasteiger partial charge is 0.230 e. The van der Waals surface area contributed by atoms with Crippen LogP contribution in [0.15, 0.2) is 22.9 Å². The highest BCUT2D eigenvalue weighted by Crippen LogP contribution is 2.27. The topological polar surface area (TPSA) is 63.8 Å². The summed E-state index contributed by atoms with van der Waals surface area (Å²) in [5.74, 6) is 0.980. The van der Waals surface area contributed by atoms with Gasteiger partial charge in [0.25, 0.3) is 0 Å². The quantitative estimate of drug-likeness (QED) is 0.898. The van der Waals surface area contributed by atoms with Gasteiger partial charge in [0.05, 0.1) is 6.20 Å². The number of pyridine rings is 1. The van der Waals surface area contributed by atoms with E-state index in [9.17, 15) is 4.39 Å². The van der Waals surface area contributed by atoms with E-state index in [0.717, 1.165) is 25.6 Å². The average molecular weight is 262 g/mol. The molecule has 3 rings (SSSR count). The Bertz CT molecular complexity index is 554. The van der Waals surface area contributed by atoms with Crippen molar-refractivity contribution in [1.29, 1.82) is 0 Å². The third-order valence-electron chi connectivity index (χ3n) is 3.37. The molecular weight excluding hydrogens is 247 g/mol. The summed E-state index contributed by atoms with van der Waals surface area (Å²) in [4.78, 5) is 8.33. The van der Waals surface area contributed by atoms with Crippen molar-refractivity contribution in [3.8, 4) is 11.5 Å². The molecule has 100 valence electrons. The van der Waals surface area contributed by atoms with Crippen LogP contribution >= 0.6 is 0 Å². The molecule has 0 radical (unpaired) electrons. The molecule has 1 aliphatic rings. The Morgan fingerprint density at radius 2 is 2.32 bits per heavy atom. The van der Waals surface area contributed by atoms with Crippen molar-refractivity contribution >= 4 is 0 Å². The predicted octanol–water partition coefficient (Wildman–Crippen LogP) is 2.13. The number of piperidine rings is 1. The fraction of sp³-hybridized carbons (Fsp3) is 0.462. The van der Waals surface area contributed by atoms with Gasteiger partial charge in [0.15, 0.2) is 0 Å². The molecule has 0 spiro atoms. The molecular formula is C13H15FN4O. The van der Waals surface area contributed by atoms with E-state index >= 15 is 0 Å². The van der Waals surface area contributed by atoms with Gasteiger partial charge in [-0.1, -0.05) is 5.16 Å². The van der Waals surface area contributed by atoms with Crippen molar-refractivity contribution in [3.63, 3.8) is 0 Å². The van der Waals surface area contributed by atoms with Crippen LogP contribution in [0, 0.1) is 5.82 Å². The first kappa shape index (κ1) is 12.2. The fourth-order valence-corrected chi connectivity index (χ4v) is 2.37. The summed E-state index contributed by atoms with van der Waals surface area (Å²) < 4.78 is 18.1. The van der Waals surface area contributed by atoms with Gasteiger partial charge in [-0.05, 0) is 38.4 Å². The lowest BCUT2D eigenvalue weighted by Gasteiger charge is -2.25. The minimum Gasteiger partial charge on any atom is -0.339 e. The highest BCUT2D eigenvalue weighted by atomic mass is 19.1. The van der Waals surface area contributed by atoms with Gasteiger partial charge in [-0.15, -0.1) is 0 Å². The maximum absolute atomic E-state index is 12.8. The maximum atomic E-state index is 12.8. The Morgan fingerprint density at radius 3 is 3.05 bits per heavy atom. The fourth-order valence-electron chi connectivity index (χ4n) is 2.37. The van der Waals surface area contributed by atoms with Crippen LogP contribution in [0.3, 0.4) is 0 Å². The van der Waals surface area contributed by atoms with Crippen LogP contribution < -0.4 is 5.32 Å². The molecule has 2 atom stereocenters. The molecule has 2 aromatic rings. The van der Waals surface area contributed by atoms with Gasteiger partial charge >= 0.3 is 0 Å². The third-order valence-corrected chi connectivity index (χ3v) is 3.37. The number of nitrogens with one attached hydrogen (secondary N) is 1. The number of halogens is 1. The Hall–Kier alpha value is -1.82. The van der Waals surface area contributed by atoms with Crippen molar-refractivity contribution in [1.82, 2.24) is 20.4 Å². The first-order valence-corrected chi connectivity index (χ1v) is 6.41. The van der Waals surface area contributed by atoms with E-state index < -0.39 is 0 Å². The van der Waals surface area contributed by atoms with Crippen molar-refractivity contribution in [2.24, 2.45) is 0 Å². The zero-order valence-electron chi connectivity index (χ0n) is 10.6. The first-order valence-electron chi connectivity index (χ1n) is 6.41. The van der Waals surface area contributed by atoms with Crippen molar-refractivity contribution in [3.05, 3.63) is 30.0 Å². The zero-order chi connectivity index (χ0) is 13.2. The summed E-state index contributed by atoms with van der Waals surface area (Å²) in [6.07, 6.45) is 3.12. The summed E-state index contributed by atoms with van der Waals surface area (Å²) in [6, 6.07) is 3.35. The first-order chi connectivity index (χ1) is 9.22. The monoisotopic (exact) mass is 262 g/mol. The highest BCUT2D eigenvalue weighted by molar-refractivity contribution is 5.47. The van der Waals surface area contributed by atoms with Crippen molar-refractivity contribution in [2.45, 2.75) is 31.7 Å². The lowest BCUT2D eigenvalue weighted by atomic mass is 9.93. The van der Waals surface area contributed by atoms with Crippen LogP contribution in [-0.4, -0.2) is 27.7 Å². The predicted molar refractivity (Wildman–Crippen MR) is 66.9 cm³/mol. The van der Waals surface area contributed by atoms with Crippen molar-refractivity contribution < 1.29 is 8.91 Å². The molecule has 0 saturated carbocycles. The van der Waals surface area contributed by atoms with E-state index in [2.05, 4.69) is 27.4 Å². The third kappa shape index (κ3) is 2.63. The van der Waals surface area contributed by atoms with Gasteiger partial charge in [-0.2, -0.15) is 4.98 Å². The molecule has 0 bridgehead atoms. The number of nitrogens with zero attached hydrogens (tertiary/aromatic N) is 3. The van der Waals surface area contributed by atoms with Gasteiger partial charge < -0.3 is 9.84 Å². The van der Waals surface area contributed by atoms with Gasteiger partial charge in [0, 0.05) is 12.0 Å². The average Bonchev–Trinajstić information content (AvgIpc) is 2.89. The highest BCUT2D eigenvalue weighted by Gasteiger charge is 2.25. The SMILES string of the molecule is CC1CC(c2nc(-c3ccc(F)cn3)no2)CCN1. The van der Waals surface area contributed by atoms with Crippen LogP contribution in [0.4, 0.5) is 4.39 Å². The summed E-state index contributed by atoms with van der Waals surface area (Å²) in [5.41, 5.74) is 0.526.